The Labute approximate surface area is 76.2 Å². The van der Waals surface area contributed by atoms with E-state index in [1.54, 1.807) is 19.1 Å². The SMILES string of the molecule is Cc1cccc(Cl)c1S(N)(=O)=O. The third kappa shape index (κ3) is 1.77. The van der Waals surface area contributed by atoms with E-state index < -0.39 is 10.0 Å². The highest BCUT2D eigenvalue weighted by Gasteiger charge is 2.14. The van der Waals surface area contributed by atoms with E-state index >= 15 is 0 Å². The summed E-state index contributed by atoms with van der Waals surface area (Å²) in [4.78, 5) is 0.00617. The van der Waals surface area contributed by atoms with Gasteiger partial charge in [0.1, 0.15) is 4.90 Å². The van der Waals surface area contributed by atoms with Crippen LogP contribution in [0.15, 0.2) is 23.1 Å². The summed E-state index contributed by atoms with van der Waals surface area (Å²) in [6.45, 7) is 1.64. The normalized spacial score (nSPS) is 11.6. The quantitative estimate of drug-likeness (QED) is 0.751. The minimum absolute atomic E-state index is 0.00617. The molecule has 1 rings (SSSR count). The highest BCUT2D eigenvalue weighted by atomic mass is 35.5. The first-order valence-corrected chi connectivity index (χ1v) is 5.13. The van der Waals surface area contributed by atoms with E-state index in [0.717, 1.165) is 0 Å². The molecule has 0 unspecified atom stereocenters. The van der Waals surface area contributed by atoms with Crippen molar-refractivity contribution >= 4 is 21.6 Å². The Kier molecular flexibility index (Phi) is 2.41. The molecule has 0 bridgehead atoms. The molecule has 2 N–H and O–H groups in total. The van der Waals surface area contributed by atoms with Crippen LogP contribution in [-0.2, 0) is 10.0 Å². The maximum Gasteiger partial charge on any atom is 0.239 e. The number of aryl methyl sites for hydroxylation is 1. The molecule has 0 saturated heterocycles. The first kappa shape index (κ1) is 9.51. The predicted molar refractivity (Wildman–Crippen MR) is 47.6 cm³/mol. The van der Waals surface area contributed by atoms with E-state index in [9.17, 15) is 8.42 Å². The average Bonchev–Trinajstić information content (AvgIpc) is 1.82. The molecule has 12 heavy (non-hydrogen) atoms. The summed E-state index contributed by atoms with van der Waals surface area (Å²) in [5.74, 6) is 0. The number of primary sulfonamides is 1. The number of rotatable bonds is 1. The lowest BCUT2D eigenvalue weighted by atomic mass is 10.2. The molecule has 0 aromatic heterocycles. The van der Waals surface area contributed by atoms with E-state index in [-0.39, 0.29) is 9.92 Å². The molecule has 5 heteroatoms. The van der Waals surface area contributed by atoms with Crippen molar-refractivity contribution in [3.8, 4) is 0 Å². The van der Waals surface area contributed by atoms with Gasteiger partial charge in [0, 0.05) is 0 Å². The molecule has 0 aliphatic rings. The largest absolute Gasteiger partial charge is 0.239 e. The minimum Gasteiger partial charge on any atom is -0.225 e. The van der Waals surface area contributed by atoms with Gasteiger partial charge in [0.05, 0.1) is 5.02 Å². The summed E-state index contributed by atoms with van der Waals surface area (Å²) in [5, 5.41) is 5.11. The van der Waals surface area contributed by atoms with Crippen LogP contribution < -0.4 is 5.14 Å². The average molecular weight is 206 g/mol. The highest BCUT2D eigenvalue weighted by molar-refractivity contribution is 7.89. The van der Waals surface area contributed by atoms with Crippen molar-refractivity contribution in [2.75, 3.05) is 0 Å². The summed E-state index contributed by atoms with van der Waals surface area (Å²) in [6, 6.07) is 4.81. The van der Waals surface area contributed by atoms with Gasteiger partial charge in [0.25, 0.3) is 0 Å². The number of hydrogen-bond acceptors (Lipinski definition) is 2. The van der Waals surface area contributed by atoms with Crippen LogP contribution in [0.4, 0.5) is 0 Å². The van der Waals surface area contributed by atoms with Crippen LogP contribution in [0.2, 0.25) is 5.02 Å². The van der Waals surface area contributed by atoms with Gasteiger partial charge in [-0.2, -0.15) is 0 Å². The molecule has 3 nitrogen and oxygen atoms in total. The molecule has 0 amide bonds. The second-order valence-corrected chi connectivity index (χ2v) is 4.34. The van der Waals surface area contributed by atoms with Crippen molar-refractivity contribution in [3.63, 3.8) is 0 Å². The highest BCUT2D eigenvalue weighted by Crippen LogP contribution is 2.22. The van der Waals surface area contributed by atoms with Gasteiger partial charge in [-0.3, -0.25) is 0 Å². The van der Waals surface area contributed by atoms with E-state index in [0.29, 0.717) is 5.56 Å². The second-order valence-electron chi connectivity index (χ2n) is 2.43. The topological polar surface area (TPSA) is 60.2 Å². The first-order chi connectivity index (χ1) is 5.43. The predicted octanol–water partition coefficient (Wildman–Crippen LogP) is 1.30. The summed E-state index contributed by atoms with van der Waals surface area (Å²) in [7, 11) is -3.70. The van der Waals surface area contributed by atoms with Crippen molar-refractivity contribution < 1.29 is 8.42 Å². The number of sulfonamides is 1. The maximum atomic E-state index is 11.0. The lowest BCUT2D eigenvalue weighted by molar-refractivity contribution is 0.597. The molecule has 0 fully saturated rings. The van der Waals surface area contributed by atoms with Gasteiger partial charge in [-0.15, -0.1) is 0 Å². The fourth-order valence-electron chi connectivity index (χ4n) is 0.977. The Balaban J connectivity index is 3.53. The maximum absolute atomic E-state index is 11.0. The van der Waals surface area contributed by atoms with Crippen LogP contribution in [0.3, 0.4) is 0 Å². The molecular formula is C7H8ClNO2S. The van der Waals surface area contributed by atoms with E-state index in [4.69, 9.17) is 16.7 Å². The smallest absolute Gasteiger partial charge is 0.225 e. The van der Waals surface area contributed by atoms with Gasteiger partial charge in [0.2, 0.25) is 10.0 Å². The summed E-state index contributed by atoms with van der Waals surface area (Å²) < 4.78 is 21.9. The van der Waals surface area contributed by atoms with Crippen molar-refractivity contribution in [2.45, 2.75) is 11.8 Å². The Morgan fingerprint density at radius 1 is 1.42 bits per heavy atom. The Hall–Kier alpha value is -0.580. The van der Waals surface area contributed by atoms with Crippen LogP contribution >= 0.6 is 11.6 Å². The molecule has 0 aliphatic heterocycles. The molecule has 0 heterocycles. The van der Waals surface area contributed by atoms with E-state index in [1.807, 2.05) is 0 Å². The summed E-state index contributed by atoms with van der Waals surface area (Å²) in [5.41, 5.74) is 0.560. The van der Waals surface area contributed by atoms with Crippen LogP contribution in [0.1, 0.15) is 5.56 Å². The van der Waals surface area contributed by atoms with Crippen molar-refractivity contribution in [1.29, 1.82) is 0 Å². The summed E-state index contributed by atoms with van der Waals surface area (Å²) in [6.07, 6.45) is 0. The van der Waals surface area contributed by atoms with Gasteiger partial charge in [-0.1, -0.05) is 23.7 Å². The monoisotopic (exact) mass is 205 g/mol. The van der Waals surface area contributed by atoms with Crippen LogP contribution in [0, 0.1) is 6.92 Å². The zero-order valence-corrected chi connectivity index (χ0v) is 7.98. The van der Waals surface area contributed by atoms with E-state index in [1.165, 1.54) is 6.07 Å². The van der Waals surface area contributed by atoms with Crippen molar-refractivity contribution in [1.82, 2.24) is 0 Å². The fourth-order valence-corrected chi connectivity index (χ4v) is 2.38. The second kappa shape index (κ2) is 3.05. The Morgan fingerprint density at radius 3 is 2.33 bits per heavy atom. The molecular weight excluding hydrogens is 198 g/mol. The molecule has 66 valence electrons. The number of benzene rings is 1. The first-order valence-electron chi connectivity index (χ1n) is 3.21. The van der Waals surface area contributed by atoms with Crippen LogP contribution in [0.25, 0.3) is 0 Å². The van der Waals surface area contributed by atoms with Crippen LogP contribution in [-0.4, -0.2) is 8.42 Å². The van der Waals surface area contributed by atoms with Crippen molar-refractivity contribution in [3.05, 3.63) is 28.8 Å². The van der Waals surface area contributed by atoms with Gasteiger partial charge >= 0.3 is 0 Å². The zero-order valence-electron chi connectivity index (χ0n) is 6.41. The molecule has 0 aliphatic carbocycles. The zero-order chi connectivity index (χ0) is 9.35. The van der Waals surface area contributed by atoms with Gasteiger partial charge < -0.3 is 0 Å². The molecule has 1 aromatic rings. The Morgan fingerprint density at radius 2 is 2.00 bits per heavy atom. The number of halogens is 1. The summed E-state index contributed by atoms with van der Waals surface area (Å²) >= 11 is 5.65. The van der Waals surface area contributed by atoms with Gasteiger partial charge in [0.15, 0.2) is 0 Å². The third-order valence-corrected chi connectivity index (χ3v) is 2.99. The number of hydrogen-bond donors (Lipinski definition) is 1. The molecule has 1 aromatic carbocycles. The van der Waals surface area contributed by atoms with Gasteiger partial charge in [-0.25, -0.2) is 13.6 Å². The van der Waals surface area contributed by atoms with E-state index in [2.05, 4.69) is 0 Å². The molecule has 0 atom stereocenters. The molecule has 0 saturated carbocycles. The lowest BCUT2D eigenvalue weighted by Gasteiger charge is -2.03. The van der Waals surface area contributed by atoms with Crippen LogP contribution in [0.5, 0.6) is 0 Å². The Bertz CT molecular complexity index is 380. The third-order valence-electron chi connectivity index (χ3n) is 1.45. The number of nitrogens with two attached hydrogens (primary N) is 1. The standard InChI is InChI=1S/C7H8ClNO2S/c1-5-3-2-4-6(8)7(5)12(9,10)11/h2-4H,1H3,(H2,9,10,11). The molecule has 0 spiro atoms. The van der Waals surface area contributed by atoms with Crippen molar-refractivity contribution in [2.24, 2.45) is 5.14 Å². The lowest BCUT2D eigenvalue weighted by Crippen LogP contribution is -2.14. The minimum atomic E-state index is -3.70. The van der Waals surface area contributed by atoms with Gasteiger partial charge in [-0.05, 0) is 18.6 Å². The fraction of sp³-hybridized carbons (Fsp3) is 0.143. The molecule has 0 radical (unpaired) electrons.